The van der Waals surface area contributed by atoms with Crippen molar-refractivity contribution in [3.05, 3.63) is 56.2 Å². The number of likely N-dealkylation sites (N-methyl/N-ethyl adjacent to an activating group) is 1. The van der Waals surface area contributed by atoms with Gasteiger partial charge in [-0.05, 0) is 52.8 Å². The molecule has 1 unspecified atom stereocenters. The van der Waals surface area contributed by atoms with Crippen LogP contribution in [0.2, 0.25) is 0 Å². The molecule has 1 nitrogen and oxygen atoms in total. The van der Waals surface area contributed by atoms with Crippen molar-refractivity contribution in [2.45, 2.75) is 19.4 Å². The van der Waals surface area contributed by atoms with E-state index in [0.29, 0.717) is 18.5 Å². The van der Waals surface area contributed by atoms with Gasteiger partial charge in [0, 0.05) is 22.9 Å². The van der Waals surface area contributed by atoms with Crippen LogP contribution in [0.5, 0.6) is 0 Å². The molecule has 0 amide bonds. The Morgan fingerprint density at radius 1 is 1.26 bits per heavy atom. The zero-order chi connectivity index (χ0) is 13.8. The van der Waals surface area contributed by atoms with Crippen LogP contribution in [-0.4, -0.2) is 6.54 Å². The summed E-state index contributed by atoms with van der Waals surface area (Å²) in [5.41, 5.74) is 0.381. The van der Waals surface area contributed by atoms with Gasteiger partial charge < -0.3 is 5.32 Å². The largest absolute Gasteiger partial charge is 0.310 e. The molecular weight excluding hydrogens is 332 g/mol. The number of rotatable bonds is 5. The fourth-order valence-corrected chi connectivity index (χ4v) is 3.51. The molecule has 1 aromatic carbocycles. The summed E-state index contributed by atoms with van der Waals surface area (Å²) >= 11 is 5.01. The molecule has 2 rings (SSSR count). The fourth-order valence-electron chi connectivity index (χ4n) is 1.98. The van der Waals surface area contributed by atoms with Crippen molar-refractivity contribution >= 4 is 27.3 Å². The van der Waals surface area contributed by atoms with Crippen LogP contribution >= 0.6 is 27.3 Å². The summed E-state index contributed by atoms with van der Waals surface area (Å²) in [4.78, 5) is 1.13. The van der Waals surface area contributed by atoms with E-state index in [0.717, 1.165) is 14.7 Å². The van der Waals surface area contributed by atoms with Gasteiger partial charge in [-0.25, -0.2) is 8.78 Å². The summed E-state index contributed by atoms with van der Waals surface area (Å²) in [7, 11) is 0. The monoisotopic (exact) mass is 345 g/mol. The van der Waals surface area contributed by atoms with E-state index in [1.165, 1.54) is 12.1 Å². The van der Waals surface area contributed by atoms with Gasteiger partial charge in [-0.2, -0.15) is 0 Å². The zero-order valence-corrected chi connectivity index (χ0v) is 12.8. The van der Waals surface area contributed by atoms with Gasteiger partial charge in [0.2, 0.25) is 0 Å². The van der Waals surface area contributed by atoms with Crippen LogP contribution < -0.4 is 5.32 Å². The second-order valence-electron chi connectivity index (χ2n) is 4.19. The molecule has 5 heteroatoms. The van der Waals surface area contributed by atoms with E-state index in [1.54, 1.807) is 11.3 Å². The molecule has 0 bridgehead atoms. The first-order chi connectivity index (χ1) is 9.10. The maximum atomic E-state index is 13.8. The summed E-state index contributed by atoms with van der Waals surface area (Å²) in [6, 6.07) is 7.33. The summed E-state index contributed by atoms with van der Waals surface area (Å²) in [5, 5.41) is 3.21. The van der Waals surface area contributed by atoms with E-state index in [-0.39, 0.29) is 11.9 Å². The minimum Gasteiger partial charge on any atom is -0.310 e. The SMILES string of the molecule is CCNC(Cc1ccc(Br)s1)c1cc(F)ccc1F. The predicted octanol–water partition coefficient (Wildman–Crippen LogP) is 4.68. The summed E-state index contributed by atoms with van der Waals surface area (Å²) in [6.45, 7) is 2.65. The summed E-state index contributed by atoms with van der Waals surface area (Å²) in [6.07, 6.45) is 0.643. The molecule has 0 radical (unpaired) electrons. The average molecular weight is 346 g/mol. The molecule has 0 saturated carbocycles. The van der Waals surface area contributed by atoms with Gasteiger partial charge in [-0.1, -0.05) is 6.92 Å². The quantitative estimate of drug-likeness (QED) is 0.829. The Morgan fingerprint density at radius 3 is 2.68 bits per heavy atom. The number of nitrogens with one attached hydrogen (secondary N) is 1. The first-order valence-electron chi connectivity index (χ1n) is 6.02. The van der Waals surface area contributed by atoms with Crippen LogP contribution in [0.25, 0.3) is 0 Å². The van der Waals surface area contributed by atoms with Crippen LogP contribution in [0.1, 0.15) is 23.4 Å². The second kappa shape index (κ2) is 6.59. The zero-order valence-electron chi connectivity index (χ0n) is 10.4. The maximum absolute atomic E-state index is 13.8. The highest BCUT2D eigenvalue weighted by atomic mass is 79.9. The Balaban J connectivity index is 2.26. The minimum atomic E-state index is -0.410. The Bertz CT molecular complexity index is 556. The van der Waals surface area contributed by atoms with Gasteiger partial charge in [-0.15, -0.1) is 11.3 Å². The van der Waals surface area contributed by atoms with Gasteiger partial charge in [0.1, 0.15) is 11.6 Å². The number of hydrogen-bond donors (Lipinski definition) is 1. The Labute approximate surface area is 123 Å². The molecule has 19 heavy (non-hydrogen) atoms. The molecule has 1 aromatic heterocycles. The highest BCUT2D eigenvalue weighted by Crippen LogP contribution is 2.28. The number of hydrogen-bond acceptors (Lipinski definition) is 2. The van der Waals surface area contributed by atoms with Crippen molar-refractivity contribution in [3.8, 4) is 0 Å². The van der Waals surface area contributed by atoms with Gasteiger partial charge in [0.25, 0.3) is 0 Å². The first kappa shape index (κ1) is 14.6. The molecule has 0 spiro atoms. The van der Waals surface area contributed by atoms with Crippen LogP contribution in [0.15, 0.2) is 34.1 Å². The van der Waals surface area contributed by atoms with E-state index in [2.05, 4.69) is 21.2 Å². The standard InChI is InChI=1S/C14H14BrF2NS/c1-2-18-13(8-10-4-6-14(15)19-10)11-7-9(16)3-5-12(11)17/h3-7,13,18H,2,8H2,1H3. The third-order valence-electron chi connectivity index (χ3n) is 2.82. The van der Waals surface area contributed by atoms with Crippen LogP contribution in [0.3, 0.4) is 0 Å². The second-order valence-corrected chi connectivity index (χ2v) is 6.73. The molecule has 0 fully saturated rings. The molecule has 0 aliphatic carbocycles. The molecule has 0 aliphatic rings. The average Bonchev–Trinajstić information content (AvgIpc) is 2.77. The van der Waals surface area contributed by atoms with Crippen LogP contribution in [-0.2, 0) is 6.42 Å². The topological polar surface area (TPSA) is 12.0 Å². The van der Waals surface area contributed by atoms with E-state index in [1.807, 2.05) is 19.1 Å². The lowest BCUT2D eigenvalue weighted by atomic mass is 10.0. The number of halogens is 3. The lowest BCUT2D eigenvalue weighted by molar-refractivity contribution is 0.504. The Morgan fingerprint density at radius 2 is 2.05 bits per heavy atom. The van der Waals surface area contributed by atoms with Crippen molar-refractivity contribution in [2.75, 3.05) is 6.54 Å². The Kier molecular flexibility index (Phi) is 5.07. The molecule has 0 saturated heterocycles. The minimum absolute atomic E-state index is 0.216. The lowest BCUT2D eigenvalue weighted by Crippen LogP contribution is -2.23. The maximum Gasteiger partial charge on any atom is 0.128 e. The molecule has 0 aliphatic heterocycles. The normalized spacial score (nSPS) is 12.6. The van der Waals surface area contributed by atoms with Crippen molar-refractivity contribution < 1.29 is 8.78 Å². The summed E-state index contributed by atoms with van der Waals surface area (Å²) in [5.74, 6) is -0.783. The van der Waals surface area contributed by atoms with Crippen molar-refractivity contribution in [1.82, 2.24) is 5.32 Å². The molecule has 1 N–H and O–H groups in total. The van der Waals surface area contributed by atoms with Crippen molar-refractivity contribution in [2.24, 2.45) is 0 Å². The van der Waals surface area contributed by atoms with E-state index in [4.69, 9.17) is 0 Å². The third-order valence-corrected chi connectivity index (χ3v) is 4.46. The van der Waals surface area contributed by atoms with E-state index < -0.39 is 5.82 Å². The molecule has 1 atom stereocenters. The van der Waals surface area contributed by atoms with Crippen molar-refractivity contribution in [1.29, 1.82) is 0 Å². The molecule has 1 heterocycles. The Hall–Kier alpha value is -0.780. The number of benzene rings is 1. The number of thiophene rings is 1. The molecule has 102 valence electrons. The smallest absolute Gasteiger partial charge is 0.128 e. The highest BCUT2D eigenvalue weighted by molar-refractivity contribution is 9.11. The fraction of sp³-hybridized carbons (Fsp3) is 0.286. The van der Waals surface area contributed by atoms with Gasteiger partial charge >= 0.3 is 0 Å². The molecular formula is C14H14BrF2NS. The van der Waals surface area contributed by atoms with Gasteiger partial charge in [-0.3, -0.25) is 0 Å². The van der Waals surface area contributed by atoms with E-state index >= 15 is 0 Å². The lowest BCUT2D eigenvalue weighted by Gasteiger charge is -2.18. The van der Waals surface area contributed by atoms with Crippen molar-refractivity contribution in [3.63, 3.8) is 0 Å². The highest BCUT2D eigenvalue weighted by Gasteiger charge is 2.17. The van der Waals surface area contributed by atoms with Crippen LogP contribution in [0.4, 0.5) is 8.78 Å². The first-order valence-corrected chi connectivity index (χ1v) is 7.63. The molecule has 2 aromatic rings. The third kappa shape index (κ3) is 3.84. The summed E-state index contributed by atoms with van der Waals surface area (Å²) < 4.78 is 28.2. The van der Waals surface area contributed by atoms with Gasteiger partial charge in [0.05, 0.1) is 3.79 Å². The van der Waals surface area contributed by atoms with Gasteiger partial charge in [0.15, 0.2) is 0 Å². The predicted molar refractivity (Wildman–Crippen MR) is 78.5 cm³/mol. The van der Waals surface area contributed by atoms with E-state index in [9.17, 15) is 8.78 Å². The van der Waals surface area contributed by atoms with Crippen LogP contribution in [0, 0.1) is 11.6 Å².